The maximum Gasteiger partial charge on any atom is 0.420 e. The minimum Gasteiger partial charge on any atom is -0.508 e. The second kappa shape index (κ2) is 5.75. The predicted octanol–water partition coefficient (Wildman–Crippen LogP) is 3.86. The van der Waals surface area contributed by atoms with Crippen molar-refractivity contribution in [3.05, 3.63) is 59.2 Å². The Hall–Kier alpha value is -2.68. The lowest BCUT2D eigenvalue weighted by molar-refractivity contribution is -0.139. The van der Waals surface area contributed by atoms with Crippen molar-refractivity contribution in [2.24, 2.45) is 0 Å². The third kappa shape index (κ3) is 3.66. The molecule has 0 aliphatic heterocycles. The predicted molar refractivity (Wildman–Crippen MR) is 68.6 cm³/mol. The zero-order valence-corrected chi connectivity index (χ0v) is 10.7. The van der Waals surface area contributed by atoms with Gasteiger partial charge in [0.2, 0.25) is 0 Å². The Morgan fingerprint density at radius 3 is 2.52 bits per heavy atom. The van der Waals surface area contributed by atoms with E-state index in [9.17, 15) is 18.3 Å². The Morgan fingerprint density at radius 2 is 1.90 bits per heavy atom. The van der Waals surface area contributed by atoms with Crippen LogP contribution in [0.5, 0.6) is 11.5 Å². The van der Waals surface area contributed by atoms with Gasteiger partial charge in [0.05, 0.1) is 17.2 Å². The highest BCUT2D eigenvalue weighted by Crippen LogP contribution is 2.37. The number of alkyl halides is 3. The molecular weight excluding hydrogens is 283 g/mol. The molecular formula is C15H10F3NO2. The van der Waals surface area contributed by atoms with Gasteiger partial charge in [-0.15, -0.1) is 0 Å². The van der Waals surface area contributed by atoms with Crippen molar-refractivity contribution in [3.8, 4) is 17.6 Å². The number of nitrogens with zero attached hydrogens (tertiary/aromatic N) is 1. The SMILES string of the molecule is N#Cc1ccc(OCc2cccc(O)c2)c(C(F)(F)F)c1. The summed E-state index contributed by atoms with van der Waals surface area (Å²) in [6.45, 7) is -0.122. The van der Waals surface area contributed by atoms with Crippen LogP contribution in [0.2, 0.25) is 0 Å². The second-order valence-electron chi connectivity index (χ2n) is 4.28. The first-order valence-corrected chi connectivity index (χ1v) is 5.92. The van der Waals surface area contributed by atoms with E-state index in [1.807, 2.05) is 0 Å². The maximum atomic E-state index is 12.9. The molecule has 0 radical (unpaired) electrons. The minimum absolute atomic E-state index is 0.00646. The van der Waals surface area contributed by atoms with Crippen molar-refractivity contribution >= 4 is 0 Å². The summed E-state index contributed by atoms with van der Waals surface area (Å²) >= 11 is 0. The molecule has 0 heterocycles. The van der Waals surface area contributed by atoms with Crippen molar-refractivity contribution in [2.45, 2.75) is 12.8 Å². The van der Waals surface area contributed by atoms with Crippen LogP contribution in [0.15, 0.2) is 42.5 Å². The fraction of sp³-hybridized carbons (Fsp3) is 0.133. The number of benzene rings is 2. The molecule has 0 aliphatic carbocycles. The Bertz CT molecular complexity index is 690. The molecule has 0 atom stereocenters. The molecule has 1 N–H and O–H groups in total. The minimum atomic E-state index is -4.61. The molecule has 0 fully saturated rings. The van der Waals surface area contributed by atoms with Gasteiger partial charge in [-0.1, -0.05) is 12.1 Å². The van der Waals surface area contributed by atoms with Gasteiger partial charge in [0.25, 0.3) is 0 Å². The van der Waals surface area contributed by atoms with E-state index in [1.54, 1.807) is 18.2 Å². The Balaban J connectivity index is 2.26. The largest absolute Gasteiger partial charge is 0.508 e. The number of ether oxygens (including phenoxy) is 1. The van der Waals surface area contributed by atoms with Crippen LogP contribution >= 0.6 is 0 Å². The first kappa shape index (κ1) is 14.7. The number of phenols is 1. The lowest BCUT2D eigenvalue weighted by atomic mass is 10.1. The van der Waals surface area contributed by atoms with E-state index in [0.29, 0.717) is 5.56 Å². The van der Waals surface area contributed by atoms with Crippen LogP contribution in [0, 0.1) is 11.3 Å². The molecule has 21 heavy (non-hydrogen) atoms. The molecule has 0 amide bonds. The highest BCUT2D eigenvalue weighted by Gasteiger charge is 2.34. The van der Waals surface area contributed by atoms with Crippen molar-refractivity contribution in [1.82, 2.24) is 0 Å². The molecule has 2 aromatic carbocycles. The fourth-order valence-electron chi connectivity index (χ4n) is 1.75. The third-order valence-electron chi connectivity index (χ3n) is 2.72. The molecule has 0 saturated heterocycles. The standard InChI is InChI=1S/C15H10F3NO2/c16-15(17,18)13-7-10(8-19)4-5-14(13)21-9-11-2-1-3-12(20)6-11/h1-7,20H,9H2. The van der Waals surface area contributed by atoms with E-state index in [1.165, 1.54) is 18.2 Å². The fourth-order valence-corrected chi connectivity index (χ4v) is 1.75. The summed E-state index contributed by atoms with van der Waals surface area (Å²) < 4.78 is 43.9. The molecule has 0 spiro atoms. The van der Waals surface area contributed by atoms with Gasteiger partial charge in [0, 0.05) is 0 Å². The Morgan fingerprint density at radius 1 is 1.14 bits per heavy atom. The third-order valence-corrected chi connectivity index (χ3v) is 2.72. The van der Waals surface area contributed by atoms with Crippen LogP contribution in [0.25, 0.3) is 0 Å². The number of hydrogen-bond acceptors (Lipinski definition) is 3. The molecule has 108 valence electrons. The number of hydrogen-bond donors (Lipinski definition) is 1. The smallest absolute Gasteiger partial charge is 0.420 e. The van der Waals surface area contributed by atoms with Crippen LogP contribution in [0.4, 0.5) is 13.2 Å². The van der Waals surface area contributed by atoms with E-state index < -0.39 is 11.7 Å². The van der Waals surface area contributed by atoms with E-state index >= 15 is 0 Å². The molecule has 0 unspecified atom stereocenters. The summed E-state index contributed by atoms with van der Waals surface area (Å²) in [6.07, 6.45) is -4.61. The lowest BCUT2D eigenvalue weighted by Crippen LogP contribution is -2.09. The molecule has 0 aliphatic rings. The first-order valence-electron chi connectivity index (χ1n) is 5.92. The molecule has 3 nitrogen and oxygen atoms in total. The van der Waals surface area contributed by atoms with Gasteiger partial charge in [-0.3, -0.25) is 0 Å². The summed E-state index contributed by atoms with van der Waals surface area (Å²) in [7, 11) is 0. The normalized spacial score (nSPS) is 11.0. The molecule has 0 saturated carbocycles. The molecule has 6 heteroatoms. The Labute approximate surface area is 118 Å². The van der Waals surface area contributed by atoms with Crippen molar-refractivity contribution in [2.75, 3.05) is 0 Å². The zero-order valence-electron chi connectivity index (χ0n) is 10.7. The van der Waals surface area contributed by atoms with Gasteiger partial charge in [-0.2, -0.15) is 18.4 Å². The van der Waals surface area contributed by atoms with Crippen LogP contribution < -0.4 is 4.74 Å². The summed E-state index contributed by atoms with van der Waals surface area (Å²) in [5, 5.41) is 18.0. The summed E-state index contributed by atoms with van der Waals surface area (Å²) in [6, 6.07) is 10.8. The van der Waals surface area contributed by atoms with E-state index in [-0.39, 0.29) is 23.7 Å². The quantitative estimate of drug-likeness (QED) is 0.934. The van der Waals surface area contributed by atoms with Gasteiger partial charge in [-0.05, 0) is 35.9 Å². The van der Waals surface area contributed by atoms with Crippen molar-refractivity contribution in [3.63, 3.8) is 0 Å². The van der Waals surface area contributed by atoms with Gasteiger partial charge in [-0.25, -0.2) is 0 Å². The van der Waals surface area contributed by atoms with E-state index in [0.717, 1.165) is 12.1 Å². The average molecular weight is 293 g/mol. The van der Waals surface area contributed by atoms with Crippen molar-refractivity contribution < 1.29 is 23.0 Å². The van der Waals surface area contributed by atoms with Crippen molar-refractivity contribution in [1.29, 1.82) is 5.26 Å². The monoisotopic (exact) mass is 293 g/mol. The number of aromatic hydroxyl groups is 1. The molecule has 2 rings (SSSR count). The topological polar surface area (TPSA) is 53.2 Å². The molecule has 0 bridgehead atoms. The highest BCUT2D eigenvalue weighted by atomic mass is 19.4. The number of phenolic OH excluding ortho intramolecular Hbond substituents is 1. The van der Waals surface area contributed by atoms with Gasteiger partial charge < -0.3 is 9.84 Å². The summed E-state index contributed by atoms with van der Waals surface area (Å²) in [5.41, 5.74) is -0.554. The lowest BCUT2D eigenvalue weighted by Gasteiger charge is -2.14. The van der Waals surface area contributed by atoms with Crippen LogP contribution in [0.1, 0.15) is 16.7 Å². The second-order valence-corrected chi connectivity index (χ2v) is 4.28. The zero-order chi connectivity index (χ0) is 15.5. The van der Waals surface area contributed by atoms with E-state index in [2.05, 4.69) is 0 Å². The summed E-state index contributed by atoms with van der Waals surface area (Å²) in [5.74, 6) is -0.350. The molecule has 0 aromatic heterocycles. The van der Waals surface area contributed by atoms with Gasteiger partial charge in [0.15, 0.2) is 0 Å². The van der Waals surface area contributed by atoms with Crippen LogP contribution in [0.3, 0.4) is 0 Å². The maximum absolute atomic E-state index is 12.9. The average Bonchev–Trinajstić information content (AvgIpc) is 2.44. The summed E-state index contributed by atoms with van der Waals surface area (Å²) in [4.78, 5) is 0. The Kier molecular flexibility index (Phi) is 4.03. The first-order chi connectivity index (χ1) is 9.90. The highest BCUT2D eigenvalue weighted by molar-refractivity contribution is 5.43. The molecule has 2 aromatic rings. The van der Waals surface area contributed by atoms with Crippen LogP contribution in [-0.4, -0.2) is 5.11 Å². The van der Waals surface area contributed by atoms with Gasteiger partial charge in [0.1, 0.15) is 18.1 Å². The number of rotatable bonds is 3. The van der Waals surface area contributed by atoms with Crippen LogP contribution in [-0.2, 0) is 12.8 Å². The van der Waals surface area contributed by atoms with Gasteiger partial charge >= 0.3 is 6.18 Å². The van der Waals surface area contributed by atoms with E-state index in [4.69, 9.17) is 10.00 Å². The number of nitriles is 1. The number of halogens is 3.